The minimum Gasteiger partial charge on any atom is -0.266 e. The maximum Gasteiger partial charge on any atom is 0.235 e. The van der Waals surface area contributed by atoms with E-state index < -0.39 is 10.0 Å². The summed E-state index contributed by atoms with van der Waals surface area (Å²) in [7, 11) is -3.40. The zero-order valence-electron chi connectivity index (χ0n) is 6.94. The van der Waals surface area contributed by atoms with E-state index >= 15 is 0 Å². The van der Waals surface area contributed by atoms with Gasteiger partial charge >= 0.3 is 0 Å². The Kier molecular flexibility index (Phi) is 4.09. The zero-order valence-corrected chi connectivity index (χ0v) is 10.1. The van der Waals surface area contributed by atoms with Crippen LogP contribution in [0.25, 0.3) is 0 Å². The molecule has 0 aliphatic heterocycles. The monoisotopic (exact) mass is 299 g/mol. The Morgan fingerprint density at radius 2 is 2.14 bits per heavy atom. The van der Waals surface area contributed by atoms with Gasteiger partial charge in [0.25, 0.3) is 0 Å². The van der Waals surface area contributed by atoms with Crippen molar-refractivity contribution >= 4 is 43.4 Å². The summed E-state index contributed by atoms with van der Waals surface area (Å²) in [6, 6.07) is 0. The van der Waals surface area contributed by atoms with E-state index in [0.717, 1.165) is 0 Å². The predicted molar refractivity (Wildman–Crippen MR) is 57.9 cm³/mol. The predicted octanol–water partition coefficient (Wildman–Crippen LogP) is 1.22. The summed E-state index contributed by atoms with van der Waals surface area (Å²) in [5.41, 5.74) is 0. The van der Waals surface area contributed by atoms with Gasteiger partial charge in [0.05, 0.1) is 18.1 Å². The molecule has 0 saturated carbocycles. The molecule has 0 fully saturated rings. The second-order valence-electron chi connectivity index (χ2n) is 2.33. The third kappa shape index (κ3) is 3.77. The highest BCUT2D eigenvalue weighted by atomic mass is 79.9. The van der Waals surface area contributed by atoms with Crippen LogP contribution in [-0.2, 0) is 10.0 Å². The third-order valence-electron chi connectivity index (χ3n) is 1.23. The molecule has 0 aliphatic carbocycles. The van der Waals surface area contributed by atoms with Crippen LogP contribution >= 0.6 is 27.5 Å². The van der Waals surface area contributed by atoms with Gasteiger partial charge in [-0.2, -0.15) is 0 Å². The van der Waals surface area contributed by atoms with Gasteiger partial charge in [-0.25, -0.2) is 18.4 Å². The Bertz CT molecular complexity index is 394. The Morgan fingerprint density at radius 1 is 1.43 bits per heavy atom. The molecular weight excluding hydrogens is 294 g/mol. The van der Waals surface area contributed by atoms with E-state index in [9.17, 15) is 8.42 Å². The van der Waals surface area contributed by atoms with Gasteiger partial charge in [0.15, 0.2) is 5.82 Å². The quantitative estimate of drug-likeness (QED) is 0.849. The second-order valence-corrected chi connectivity index (χ2v) is 5.37. The number of alkyl halides is 1. The number of hydrogen-bond acceptors (Lipinski definition) is 4. The lowest BCUT2D eigenvalue weighted by atomic mass is 10.7. The summed E-state index contributed by atoms with van der Waals surface area (Å²) in [6.07, 6.45) is 2.72. The molecule has 0 aromatic carbocycles. The van der Waals surface area contributed by atoms with E-state index in [-0.39, 0.29) is 17.5 Å². The highest BCUT2D eigenvalue weighted by Gasteiger charge is 2.09. The first kappa shape index (κ1) is 11.7. The van der Waals surface area contributed by atoms with Crippen LogP contribution in [0.3, 0.4) is 0 Å². The summed E-state index contributed by atoms with van der Waals surface area (Å²) in [6.45, 7) is 0. The fraction of sp³-hybridized carbons (Fsp3) is 0.333. The third-order valence-corrected chi connectivity index (χ3v) is 3.31. The van der Waals surface area contributed by atoms with Gasteiger partial charge in [0.2, 0.25) is 10.0 Å². The molecule has 0 saturated heterocycles. The number of nitrogens with one attached hydrogen (secondary N) is 1. The van der Waals surface area contributed by atoms with Crippen molar-refractivity contribution in [2.75, 3.05) is 16.4 Å². The van der Waals surface area contributed by atoms with Crippen molar-refractivity contribution in [2.45, 2.75) is 0 Å². The van der Waals surface area contributed by atoms with Gasteiger partial charge < -0.3 is 0 Å². The van der Waals surface area contributed by atoms with E-state index in [2.05, 4.69) is 30.6 Å². The molecule has 0 atom stereocenters. The number of aromatic nitrogens is 2. The maximum absolute atomic E-state index is 11.2. The largest absolute Gasteiger partial charge is 0.266 e. The standard InChI is InChI=1S/C6H7BrClN3O2S/c7-5-3-10-6(4-9-5)11-14(12,13)2-1-8/h3-4H,1-2H2,(H,10,11). The smallest absolute Gasteiger partial charge is 0.235 e. The Hall–Kier alpha value is -0.400. The van der Waals surface area contributed by atoms with Crippen LogP contribution in [0.1, 0.15) is 0 Å². The highest BCUT2D eigenvalue weighted by molar-refractivity contribution is 9.10. The van der Waals surface area contributed by atoms with Gasteiger partial charge in [-0.15, -0.1) is 11.6 Å². The maximum atomic E-state index is 11.2. The first-order valence-electron chi connectivity index (χ1n) is 3.57. The molecule has 8 heteroatoms. The molecule has 14 heavy (non-hydrogen) atoms. The van der Waals surface area contributed by atoms with Crippen LogP contribution in [0.4, 0.5) is 5.82 Å². The Balaban J connectivity index is 2.74. The molecule has 0 unspecified atom stereocenters. The summed E-state index contributed by atoms with van der Waals surface area (Å²) in [5, 5.41) is 0. The van der Waals surface area contributed by atoms with Crippen molar-refractivity contribution in [3.63, 3.8) is 0 Å². The number of rotatable bonds is 4. The fourth-order valence-electron chi connectivity index (χ4n) is 0.677. The molecule has 1 aromatic rings. The molecule has 0 bridgehead atoms. The first-order chi connectivity index (χ1) is 6.53. The first-order valence-corrected chi connectivity index (χ1v) is 6.55. The van der Waals surface area contributed by atoms with Crippen molar-refractivity contribution < 1.29 is 8.42 Å². The van der Waals surface area contributed by atoms with E-state index in [1.54, 1.807) is 0 Å². The van der Waals surface area contributed by atoms with Crippen LogP contribution in [-0.4, -0.2) is 30.0 Å². The van der Waals surface area contributed by atoms with Crippen LogP contribution in [0.15, 0.2) is 17.0 Å². The lowest BCUT2D eigenvalue weighted by Gasteiger charge is -2.04. The number of sulfonamides is 1. The van der Waals surface area contributed by atoms with Gasteiger partial charge in [-0.1, -0.05) is 0 Å². The second kappa shape index (κ2) is 4.90. The molecular formula is C6H7BrClN3O2S. The van der Waals surface area contributed by atoms with Crippen molar-refractivity contribution in [3.05, 3.63) is 17.0 Å². The minimum absolute atomic E-state index is 0.0410. The van der Waals surface area contributed by atoms with Gasteiger partial charge in [0, 0.05) is 5.88 Å². The molecule has 0 amide bonds. The molecule has 1 aromatic heterocycles. The SMILES string of the molecule is O=S(=O)(CCCl)Nc1cnc(Br)cn1. The Labute approximate surface area is 95.1 Å². The van der Waals surface area contributed by atoms with Crippen molar-refractivity contribution in [1.82, 2.24) is 9.97 Å². The molecule has 1 rings (SSSR count). The van der Waals surface area contributed by atoms with E-state index in [1.807, 2.05) is 0 Å². The summed E-state index contributed by atoms with van der Waals surface area (Å²) < 4.78 is 25.2. The zero-order chi connectivity index (χ0) is 10.6. The number of halogens is 2. The lowest BCUT2D eigenvalue weighted by molar-refractivity contribution is 0.602. The summed E-state index contributed by atoms with van der Waals surface area (Å²) in [4.78, 5) is 7.62. The summed E-state index contributed by atoms with van der Waals surface area (Å²) >= 11 is 8.40. The normalized spacial score (nSPS) is 11.3. The molecule has 1 heterocycles. The average molecular weight is 301 g/mol. The van der Waals surface area contributed by atoms with Crippen LogP contribution in [0.5, 0.6) is 0 Å². The van der Waals surface area contributed by atoms with Crippen LogP contribution in [0, 0.1) is 0 Å². The van der Waals surface area contributed by atoms with Gasteiger partial charge in [-0.05, 0) is 15.9 Å². The fourth-order valence-corrected chi connectivity index (χ4v) is 2.22. The van der Waals surface area contributed by atoms with Crippen molar-refractivity contribution in [2.24, 2.45) is 0 Å². The van der Waals surface area contributed by atoms with E-state index in [0.29, 0.717) is 4.60 Å². The minimum atomic E-state index is -3.40. The van der Waals surface area contributed by atoms with Crippen molar-refractivity contribution in [1.29, 1.82) is 0 Å². The van der Waals surface area contributed by atoms with E-state index in [4.69, 9.17) is 11.6 Å². The number of hydrogen-bond donors (Lipinski definition) is 1. The summed E-state index contributed by atoms with van der Waals surface area (Å²) in [5.74, 6) is 0.0734. The Morgan fingerprint density at radius 3 is 2.64 bits per heavy atom. The molecule has 0 spiro atoms. The van der Waals surface area contributed by atoms with Crippen molar-refractivity contribution in [3.8, 4) is 0 Å². The average Bonchev–Trinajstić information content (AvgIpc) is 2.08. The van der Waals surface area contributed by atoms with E-state index in [1.165, 1.54) is 12.4 Å². The topological polar surface area (TPSA) is 72.0 Å². The molecule has 0 radical (unpaired) electrons. The number of anilines is 1. The highest BCUT2D eigenvalue weighted by Crippen LogP contribution is 2.07. The molecule has 78 valence electrons. The number of nitrogens with zero attached hydrogens (tertiary/aromatic N) is 2. The molecule has 0 aliphatic rings. The molecule has 5 nitrogen and oxygen atoms in total. The van der Waals surface area contributed by atoms with Gasteiger partial charge in [-0.3, -0.25) is 4.72 Å². The van der Waals surface area contributed by atoms with Gasteiger partial charge in [0.1, 0.15) is 4.60 Å². The molecule has 1 N–H and O–H groups in total. The lowest BCUT2D eigenvalue weighted by Crippen LogP contribution is -2.18. The van der Waals surface area contributed by atoms with Crippen LogP contribution < -0.4 is 4.72 Å². The van der Waals surface area contributed by atoms with Crippen LogP contribution in [0.2, 0.25) is 0 Å².